The lowest BCUT2D eigenvalue weighted by Crippen LogP contribution is -2.63. The monoisotopic (exact) mass is 453 g/mol. The molecular formula is C26H27N7O. The summed E-state index contributed by atoms with van der Waals surface area (Å²) < 4.78 is 0. The Morgan fingerprint density at radius 1 is 1.06 bits per heavy atom. The van der Waals surface area contributed by atoms with E-state index in [1.807, 2.05) is 49.5 Å². The van der Waals surface area contributed by atoms with E-state index >= 15 is 0 Å². The van der Waals surface area contributed by atoms with Crippen molar-refractivity contribution >= 4 is 16.8 Å². The Kier molecular flexibility index (Phi) is 5.08. The molecule has 34 heavy (non-hydrogen) atoms. The third kappa shape index (κ3) is 3.54. The molecule has 3 aliphatic rings. The normalized spacial score (nSPS) is 23.6. The predicted molar refractivity (Wildman–Crippen MR) is 127 cm³/mol. The number of aromatic nitrogens is 6. The molecule has 0 N–H and O–H groups in total. The number of aryl methyl sites for hydroxylation is 2. The number of piperidine rings is 2. The summed E-state index contributed by atoms with van der Waals surface area (Å²) in [6.07, 6.45) is 8.81. The van der Waals surface area contributed by atoms with E-state index in [1.165, 1.54) is 4.80 Å². The Labute approximate surface area is 198 Å². The maximum atomic E-state index is 14.0. The van der Waals surface area contributed by atoms with Crippen LogP contribution in [0.5, 0.6) is 0 Å². The summed E-state index contributed by atoms with van der Waals surface area (Å²) >= 11 is 0. The van der Waals surface area contributed by atoms with E-state index in [-0.39, 0.29) is 18.0 Å². The molecular weight excluding hydrogens is 426 g/mol. The second-order valence-corrected chi connectivity index (χ2v) is 9.55. The quantitative estimate of drug-likeness (QED) is 0.457. The second-order valence-electron chi connectivity index (χ2n) is 9.55. The van der Waals surface area contributed by atoms with Crippen LogP contribution in [0, 0.1) is 18.8 Å². The van der Waals surface area contributed by atoms with Crippen molar-refractivity contribution in [2.45, 2.75) is 51.6 Å². The first kappa shape index (κ1) is 20.9. The van der Waals surface area contributed by atoms with Crippen LogP contribution in [-0.4, -0.2) is 52.8 Å². The molecule has 8 nitrogen and oxygen atoms in total. The van der Waals surface area contributed by atoms with Crippen molar-refractivity contribution in [3.05, 3.63) is 72.2 Å². The van der Waals surface area contributed by atoms with E-state index < -0.39 is 0 Å². The fraction of sp³-hybridized carbons (Fsp3) is 0.385. The highest BCUT2D eigenvalue weighted by atomic mass is 16.2. The van der Waals surface area contributed by atoms with Gasteiger partial charge in [0.25, 0.3) is 5.91 Å². The Morgan fingerprint density at radius 2 is 1.85 bits per heavy atom. The summed E-state index contributed by atoms with van der Waals surface area (Å²) in [7, 11) is 0. The van der Waals surface area contributed by atoms with Gasteiger partial charge in [-0.05, 0) is 56.2 Å². The lowest BCUT2D eigenvalue weighted by Gasteiger charge is -2.57. The molecule has 3 aromatic heterocycles. The van der Waals surface area contributed by atoms with Crippen LogP contribution < -0.4 is 0 Å². The zero-order valence-corrected chi connectivity index (χ0v) is 19.4. The Morgan fingerprint density at radius 3 is 2.68 bits per heavy atom. The van der Waals surface area contributed by atoms with Gasteiger partial charge in [0.1, 0.15) is 11.5 Å². The predicted octanol–water partition coefficient (Wildman–Crippen LogP) is 3.79. The highest BCUT2D eigenvalue weighted by Crippen LogP contribution is 2.48. The largest absolute Gasteiger partial charge is 0.331 e. The number of fused-ring (bicyclic) bond motifs is 3. The molecule has 1 unspecified atom stereocenters. The number of hydrogen-bond donors (Lipinski definition) is 0. The third-order valence-electron chi connectivity index (χ3n) is 7.54. The van der Waals surface area contributed by atoms with E-state index in [0.29, 0.717) is 23.2 Å². The van der Waals surface area contributed by atoms with Gasteiger partial charge in [-0.15, -0.1) is 4.80 Å². The molecule has 5 heterocycles. The van der Waals surface area contributed by atoms with E-state index in [9.17, 15) is 4.79 Å². The molecule has 172 valence electrons. The molecule has 2 saturated heterocycles. The fourth-order valence-electron chi connectivity index (χ4n) is 5.58. The summed E-state index contributed by atoms with van der Waals surface area (Å²) in [5.41, 5.74) is 2.80. The van der Waals surface area contributed by atoms with Gasteiger partial charge < -0.3 is 4.90 Å². The van der Waals surface area contributed by atoms with Crippen LogP contribution in [0.2, 0.25) is 0 Å². The number of amides is 1. The zero-order chi connectivity index (χ0) is 23.2. The van der Waals surface area contributed by atoms with Crippen LogP contribution in [0.15, 0.2) is 55.0 Å². The first-order valence-electron chi connectivity index (χ1n) is 12.0. The van der Waals surface area contributed by atoms with Crippen LogP contribution in [0.3, 0.4) is 0 Å². The van der Waals surface area contributed by atoms with Crippen LogP contribution in [0.4, 0.5) is 0 Å². The Balaban J connectivity index is 1.30. The SMILES string of the molecule is Cc1ccc(-n2nccn2)c(C(=O)N2C3CC(C3)[C@H](C)C2CCc2ncc3ccccc3n2)n1. The van der Waals surface area contributed by atoms with Crippen molar-refractivity contribution in [3.8, 4) is 5.69 Å². The van der Waals surface area contributed by atoms with Gasteiger partial charge in [0.15, 0.2) is 5.69 Å². The van der Waals surface area contributed by atoms with E-state index in [2.05, 4.69) is 32.0 Å². The summed E-state index contributed by atoms with van der Waals surface area (Å²) in [6.45, 7) is 4.19. The number of pyridine rings is 1. The molecule has 0 spiro atoms. The van der Waals surface area contributed by atoms with Crippen molar-refractivity contribution in [3.63, 3.8) is 0 Å². The second kappa shape index (κ2) is 8.27. The number of hydrogen-bond acceptors (Lipinski definition) is 6. The van der Waals surface area contributed by atoms with E-state index in [4.69, 9.17) is 4.98 Å². The number of benzene rings is 1. The van der Waals surface area contributed by atoms with Gasteiger partial charge in [0, 0.05) is 35.8 Å². The van der Waals surface area contributed by atoms with Gasteiger partial charge in [-0.3, -0.25) is 4.79 Å². The van der Waals surface area contributed by atoms with Crippen molar-refractivity contribution < 1.29 is 4.79 Å². The van der Waals surface area contributed by atoms with Crippen molar-refractivity contribution in [2.24, 2.45) is 11.8 Å². The maximum absolute atomic E-state index is 14.0. The molecule has 2 atom stereocenters. The lowest BCUT2D eigenvalue weighted by molar-refractivity contribution is -0.0574. The first-order valence-corrected chi connectivity index (χ1v) is 12.0. The molecule has 1 amide bonds. The van der Waals surface area contributed by atoms with Crippen LogP contribution in [-0.2, 0) is 6.42 Å². The minimum absolute atomic E-state index is 0.0320. The van der Waals surface area contributed by atoms with Gasteiger partial charge in [-0.1, -0.05) is 25.1 Å². The number of para-hydroxylation sites is 1. The van der Waals surface area contributed by atoms with Gasteiger partial charge in [-0.25, -0.2) is 15.0 Å². The summed E-state index contributed by atoms with van der Waals surface area (Å²) in [4.78, 5) is 31.6. The minimum Gasteiger partial charge on any atom is -0.331 e. The van der Waals surface area contributed by atoms with Gasteiger partial charge in [0.2, 0.25) is 0 Å². The number of carbonyl (C=O) groups is 1. The highest BCUT2D eigenvalue weighted by molar-refractivity contribution is 5.96. The van der Waals surface area contributed by atoms with Crippen LogP contribution >= 0.6 is 0 Å². The summed E-state index contributed by atoms with van der Waals surface area (Å²) in [5.74, 6) is 1.89. The van der Waals surface area contributed by atoms with Crippen molar-refractivity contribution in [1.29, 1.82) is 0 Å². The van der Waals surface area contributed by atoms with Gasteiger partial charge >= 0.3 is 0 Å². The number of nitrogens with zero attached hydrogens (tertiary/aromatic N) is 7. The fourth-order valence-corrected chi connectivity index (χ4v) is 5.58. The number of carbonyl (C=O) groups excluding carboxylic acids is 1. The van der Waals surface area contributed by atoms with Crippen LogP contribution in [0.1, 0.15) is 48.2 Å². The molecule has 3 fully saturated rings. The van der Waals surface area contributed by atoms with Crippen LogP contribution in [0.25, 0.3) is 16.6 Å². The van der Waals surface area contributed by atoms with Crippen molar-refractivity contribution in [2.75, 3.05) is 0 Å². The average molecular weight is 454 g/mol. The average Bonchev–Trinajstić information content (AvgIpc) is 3.36. The van der Waals surface area contributed by atoms with Crippen molar-refractivity contribution in [1.82, 2.24) is 34.8 Å². The summed E-state index contributed by atoms with van der Waals surface area (Å²) in [6, 6.07) is 12.2. The highest BCUT2D eigenvalue weighted by Gasteiger charge is 2.50. The zero-order valence-electron chi connectivity index (χ0n) is 19.4. The Bertz CT molecular complexity index is 1350. The molecule has 4 aromatic rings. The molecule has 2 aliphatic heterocycles. The Hall–Kier alpha value is -3.68. The molecule has 1 aliphatic carbocycles. The topological polar surface area (TPSA) is 89.7 Å². The van der Waals surface area contributed by atoms with Gasteiger partial charge in [0.05, 0.1) is 17.9 Å². The summed E-state index contributed by atoms with van der Waals surface area (Å²) in [5, 5.41) is 9.53. The maximum Gasteiger partial charge on any atom is 0.275 e. The van der Waals surface area contributed by atoms with Gasteiger partial charge in [-0.2, -0.15) is 10.2 Å². The molecule has 2 bridgehead atoms. The smallest absolute Gasteiger partial charge is 0.275 e. The minimum atomic E-state index is -0.0320. The first-order chi connectivity index (χ1) is 16.6. The molecule has 1 aromatic carbocycles. The molecule has 1 saturated carbocycles. The lowest BCUT2D eigenvalue weighted by atomic mass is 9.64. The molecule has 7 rings (SSSR count). The molecule has 8 heteroatoms. The van der Waals surface area contributed by atoms with E-state index in [0.717, 1.165) is 48.1 Å². The third-order valence-corrected chi connectivity index (χ3v) is 7.54. The standard InChI is InChI=1S/C26H27N7O/c1-16-7-8-23(33-28-11-12-29-33)25(30-16)26(34)32-20-13-19(14-20)17(2)22(32)9-10-24-27-15-18-5-3-4-6-21(18)31-24/h3-8,11-12,15,17,19-20,22H,9-10,13-14H2,1-2H3/t17-,19?,20?,22?/m0/s1. The number of rotatable bonds is 5. The van der Waals surface area contributed by atoms with E-state index in [1.54, 1.807) is 12.4 Å². The molecule has 0 radical (unpaired) electrons.